The predicted molar refractivity (Wildman–Crippen MR) is 66.5 cm³/mol. The summed E-state index contributed by atoms with van der Waals surface area (Å²) in [4.78, 5) is 0. The highest BCUT2D eigenvalue weighted by Crippen LogP contribution is 2.25. The molecule has 0 aromatic heterocycles. The maximum absolute atomic E-state index is 13.3. The van der Waals surface area contributed by atoms with E-state index in [4.69, 9.17) is 4.74 Å². The number of phenols is 1. The molecule has 0 spiro atoms. The fraction of sp³-hybridized carbons (Fsp3) is 0.0769. The third-order valence-electron chi connectivity index (χ3n) is 2.24. The van der Waals surface area contributed by atoms with E-state index in [-0.39, 0.29) is 18.1 Å². The molecular formula is C13H10BrFO2. The Morgan fingerprint density at radius 2 is 1.94 bits per heavy atom. The number of phenolic OH excluding ortho intramolecular Hbond substituents is 1. The first-order valence-corrected chi connectivity index (χ1v) is 5.81. The quantitative estimate of drug-likeness (QED) is 0.931. The number of halogens is 2. The molecule has 0 fully saturated rings. The van der Waals surface area contributed by atoms with Gasteiger partial charge in [0, 0.05) is 0 Å². The lowest BCUT2D eigenvalue weighted by molar-refractivity contribution is 0.289. The Kier molecular flexibility index (Phi) is 3.64. The largest absolute Gasteiger partial charge is 0.507 e. The molecule has 0 radical (unpaired) electrons. The zero-order chi connectivity index (χ0) is 12.3. The second kappa shape index (κ2) is 5.19. The molecule has 2 rings (SSSR count). The van der Waals surface area contributed by atoms with Crippen LogP contribution >= 0.6 is 15.9 Å². The first kappa shape index (κ1) is 11.9. The van der Waals surface area contributed by atoms with E-state index in [1.54, 1.807) is 36.4 Å². The maximum Gasteiger partial charge on any atom is 0.165 e. The topological polar surface area (TPSA) is 29.5 Å². The van der Waals surface area contributed by atoms with Crippen LogP contribution in [0.15, 0.2) is 46.9 Å². The van der Waals surface area contributed by atoms with Gasteiger partial charge in [-0.15, -0.1) is 0 Å². The molecule has 0 aliphatic rings. The average molecular weight is 297 g/mol. The Morgan fingerprint density at radius 1 is 1.18 bits per heavy atom. The number of ether oxygens (including phenoxy) is 1. The van der Waals surface area contributed by atoms with Crippen molar-refractivity contribution in [2.75, 3.05) is 0 Å². The van der Waals surface area contributed by atoms with E-state index in [1.165, 1.54) is 6.07 Å². The molecule has 2 aromatic carbocycles. The van der Waals surface area contributed by atoms with Crippen molar-refractivity contribution in [1.29, 1.82) is 0 Å². The van der Waals surface area contributed by atoms with Crippen LogP contribution in [0, 0.1) is 5.82 Å². The average Bonchev–Trinajstić information content (AvgIpc) is 2.32. The second-order valence-corrected chi connectivity index (χ2v) is 4.36. The molecular weight excluding hydrogens is 287 g/mol. The summed E-state index contributed by atoms with van der Waals surface area (Å²) >= 11 is 3.19. The molecule has 0 saturated carbocycles. The van der Waals surface area contributed by atoms with Crippen LogP contribution in [-0.2, 0) is 6.61 Å². The smallest absolute Gasteiger partial charge is 0.165 e. The highest BCUT2D eigenvalue weighted by molar-refractivity contribution is 9.10. The van der Waals surface area contributed by atoms with Crippen LogP contribution < -0.4 is 4.74 Å². The van der Waals surface area contributed by atoms with Crippen molar-refractivity contribution < 1.29 is 14.2 Å². The Morgan fingerprint density at radius 3 is 2.65 bits per heavy atom. The molecule has 0 atom stereocenters. The van der Waals surface area contributed by atoms with Gasteiger partial charge in [-0.3, -0.25) is 0 Å². The van der Waals surface area contributed by atoms with Crippen LogP contribution in [0.2, 0.25) is 0 Å². The normalized spacial score (nSPS) is 10.2. The molecule has 2 nitrogen and oxygen atoms in total. The van der Waals surface area contributed by atoms with Crippen molar-refractivity contribution in [2.45, 2.75) is 6.61 Å². The van der Waals surface area contributed by atoms with Crippen molar-refractivity contribution in [3.63, 3.8) is 0 Å². The van der Waals surface area contributed by atoms with Gasteiger partial charge in [-0.05, 0) is 45.8 Å². The lowest BCUT2D eigenvalue weighted by Crippen LogP contribution is -1.97. The summed E-state index contributed by atoms with van der Waals surface area (Å²) in [5.41, 5.74) is 0.772. The van der Waals surface area contributed by atoms with E-state index in [1.807, 2.05) is 0 Å². The number of rotatable bonds is 3. The minimum absolute atomic E-state index is 0.139. The summed E-state index contributed by atoms with van der Waals surface area (Å²) in [5.74, 6) is -0.0524. The SMILES string of the molecule is Oc1cc(COc2ccccc2F)ccc1Br. The Labute approximate surface area is 107 Å². The van der Waals surface area contributed by atoms with Crippen LogP contribution in [0.25, 0.3) is 0 Å². The summed E-state index contributed by atoms with van der Waals surface area (Å²) in [6.07, 6.45) is 0. The molecule has 2 aromatic rings. The molecule has 88 valence electrons. The highest BCUT2D eigenvalue weighted by Gasteiger charge is 2.03. The molecule has 0 bridgehead atoms. The Hall–Kier alpha value is -1.55. The lowest BCUT2D eigenvalue weighted by Gasteiger charge is -2.07. The standard InChI is InChI=1S/C13H10BrFO2/c14-10-6-5-9(7-12(10)16)8-17-13-4-2-1-3-11(13)15/h1-7,16H,8H2. The van der Waals surface area contributed by atoms with Gasteiger partial charge >= 0.3 is 0 Å². The minimum Gasteiger partial charge on any atom is -0.507 e. The monoisotopic (exact) mass is 296 g/mol. The summed E-state index contributed by atoms with van der Waals surface area (Å²) < 4.78 is 19.2. The summed E-state index contributed by atoms with van der Waals surface area (Å²) in [6, 6.07) is 11.3. The molecule has 0 unspecified atom stereocenters. The van der Waals surface area contributed by atoms with Gasteiger partial charge in [-0.25, -0.2) is 4.39 Å². The molecule has 1 N–H and O–H groups in total. The third kappa shape index (κ3) is 2.97. The van der Waals surface area contributed by atoms with Crippen LogP contribution in [0.5, 0.6) is 11.5 Å². The number of aromatic hydroxyl groups is 1. The molecule has 0 aliphatic carbocycles. The van der Waals surface area contributed by atoms with Gasteiger partial charge in [0.2, 0.25) is 0 Å². The number of benzene rings is 2. The fourth-order valence-electron chi connectivity index (χ4n) is 1.37. The summed E-state index contributed by atoms with van der Waals surface area (Å²) in [7, 11) is 0. The van der Waals surface area contributed by atoms with Crippen molar-refractivity contribution in [3.05, 3.63) is 58.3 Å². The van der Waals surface area contributed by atoms with E-state index in [2.05, 4.69) is 15.9 Å². The third-order valence-corrected chi connectivity index (χ3v) is 2.91. The summed E-state index contributed by atoms with van der Waals surface area (Å²) in [5, 5.41) is 9.48. The second-order valence-electron chi connectivity index (χ2n) is 3.50. The first-order valence-electron chi connectivity index (χ1n) is 5.01. The van der Waals surface area contributed by atoms with E-state index in [0.717, 1.165) is 5.56 Å². The van der Waals surface area contributed by atoms with Crippen LogP contribution in [0.4, 0.5) is 4.39 Å². The molecule has 17 heavy (non-hydrogen) atoms. The predicted octanol–water partition coefficient (Wildman–Crippen LogP) is 3.87. The van der Waals surface area contributed by atoms with E-state index >= 15 is 0 Å². The van der Waals surface area contributed by atoms with Gasteiger partial charge in [0.25, 0.3) is 0 Å². The molecule has 0 saturated heterocycles. The van der Waals surface area contributed by atoms with E-state index in [0.29, 0.717) is 4.47 Å². The first-order chi connectivity index (χ1) is 8.16. The number of hydrogen-bond acceptors (Lipinski definition) is 2. The molecule has 0 aliphatic heterocycles. The van der Waals surface area contributed by atoms with Crippen molar-refractivity contribution in [2.24, 2.45) is 0 Å². The zero-order valence-electron chi connectivity index (χ0n) is 8.86. The summed E-state index contributed by atoms with van der Waals surface area (Å²) in [6.45, 7) is 0.210. The Bertz CT molecular complexity index is 529. The van der Waals surface area contributed by atoms with Crippen molar-refractivity contribution in [3.8, 4) is 11.5 Å². The van der Waals surface area contributed by atoms with Crippen molar-refractivity contribution in [1.82, 2.24) is 0 Å². The van der Waals surface area contributed by atoms with Gasteiger partial charge in [0.1, 0.15) is 12.4 Å². The van der Waals surface area contributed by atoms with E-state index in [9.17, 15) is 9.50 Å². The van der Waals surface area contributed by atoms with Gasteiger partial charge in [0.05, 0.1) is 4.47 Å². The number of para-hydroxylation sites is 1. The van der Waals surface area contributed by atoms with Crippen LogP contribution in [0.1, 0.15) is 5.56 Å². The van der Waals surface area contributed by atoms with Gasteiger partial charge < -0.3 is 9.84 Å². The molecule has 0 amide bonds. The molecule has 0 heterocycles. The fourth-order valence-corrected chi connectivity index (χ4v) is 1.62. The van der Waals surface area contributed by atoms with Crippen molar-refractivity contribution >= 4 is 15.9 Å². The van der Waals surface area contributed by atoms with Gasteiger partial charge in [0.15, 0.2) is 11.6 Å². The minimum atomic E-state index is -0.395. The zero-order valence-corrected chi connectivity index (χ0v) is 10.4. The lowest BCUT2D eigenvalue weighted by atomic mass is 10.2. The number of hydrogen-bond donors (Lipinski definition) is 1. The van der Waals surface area contributed by atoms with Gasteiger partial charge in [-0.2, -0.15) is 0 Å². The van der Waals surface area contributed by atoms with Gasteiger partial charge in [-0.1, -0.05) is 18.2 Å². The van der Waals surface area contributed by atoms with E-state index < -0.39 is 5.82 Å². The maximum atomic E-state index is 13.3. The molecule has 4 heteroatoms. The van der Waals surface area contributed by atoms with Crippen LogP contribution in [-0.4, -0.2) is 5.11 Å². The highest BCUT2D eigenvalue weighted by atomic mass is 79.9. The van der Waals surface area contributed by atoms with Crippen LogP contribution in [0.3, 0.4) is 0 Å². The Balaban J connectivity index is 2.08.